The number of nitrogens with one attached hydrogen (secondary N) is 1. The Hall–Kier alpha value is -4.13. The minimum Gasteiger partial charge on any atom is -0.494 e. The summed E-state index contributed by atoms with van der Waals surface area (Å²) in [5.41, 5.74) is 3.71. The Morgan fingerprint density at radius 3 is 2.71 bits per heavy atom. The van der Waals surface area contributed by atoms with E-state index in [1.807, 2.05) is 42.5 Å². The van der Waals surface area contributed by atoms with Gasteiger partial charge in [0, 0.05) is 17.8 Å². The van der Waals surface area contributed by atoms with Crippen LogP contribution < -0.4 is 10.1 Å². The van der Waals surface area contributed by atoms with Gasteiger partial charge in [-0.2, -0.15) is 5.10 Å². The summed E-state index contributed by atoms with van der Waals surface area (Å²) in [6, 6.07) is 20.7. The van der Waals surface area contributed by atoms with Crippen molar-refractivity contribution >= 4 is 17.6 Å². The summed E-state index contributed by atoms with van der Waals surface area (Å²) >= 11 is 0. The molecule has 0 atom stereocenters. The van der Waals surface area contributed by atoms with Crippen molar-refractivity contribution in [2.24, 2.45) is 0 Å². The predicted molar refractivity (Wildman–Crippen MR) is 119 cm³/mol. The van der Waals surface area contributed by atoms with Crippen LogP contribution in [0.25, 0.3) is 16.9 Å². The summed E-state index contributed by atoms with van der Waals surface area (Å²) in [5, 5.41) is 17.5. The molecule has 2 aromatic carbocycles. The summed E-state index contributed by atoms with van der Waals surface area (Å²) in [7, 11) is 1.60. The summed E-state index contributed by atoms with van der Waals surface area (Å²) in [4.78, 5) is 15.9. The normalized spacial score (nSPS) is 10.6. The SMILES string of the molecule is CCc1cccc(-c2cc(Nc3ncccc3C(=O)O)n(-c3ccccc3OC)n2)c1. The number of carboxylic acids is 1. The van der Waals surface area contributed by atoms with E-state index in [0.717, 1.165) is 23.4 Å². The number of hydrogen-bond acceptors (Lipinski definition) is 5. The molecule has 7 nitrogen and oxygen atoms in total. The molecule has 31 heavy (non-hydrogen) atoms. The fraction of sp³-hybridized carbons (Fsp3) is 0.125. The van der Waals surface area contributed by atoms with Gasteiger partial charge in [-0.3, -0.25) is 0 Å². The summed E-state index contributed by atoms with van der Waals surface area (Å²) in [6.07, 6.45) is 2.46. The van der Waals surface area contributed by atoms with Gasteiger partial charge in [-0.1, -0.05) is 37.3 Å². The number of carbonyl (C=O) groups is 1. The van der Waals surface area contributed by atoms with Crippen LogP contribution in [-0.4, -0.2) is 33.0 Å². The second-order valence-corrected chi connectivity index (χ2v) is 6.88. The van der Waals surface area contributed by atoms with E-state index in [9.17, 15) is 9.90 Å². The Bertz CT molecular complexity index is 1230. The quantitative estimate of drug-likeness (QED) is 0.445. The van der Waals surface area contributed by atoms with Crippen LogP contribution in [0, 0.1) is 0 Å². The molecule has 7 heteroatoms. The number of benzene rings is 2. The van der Waals surface area contributed by atoms with Crippen molar-refractivity contribution < 1.29 is 14.6 Å². The second-order valence-electron chi connectivity index (χ2n) is 6.88. The number of carboxylic acid groups (broad SMARTS) is 1. The monoisotopic (exact) mass is 414 g/mol. The molecular weight excluding hydrogens is 392 g/mol. The van der Waals surface area contributed by atoms with Crippen LogP contribution >= 0.6 is 0 Å². The lowest BCUT2D eigenvalue weighted by Gasteiger charge is -2.13. The fourth-order valence-electron chi connectivity index (χ4n) is 3.35. The number of aromatic nitrogens is 3. The van der Waals surface area contributed by atoms with Crippen molar-refractivity contribution in [3.8, 4) is 22.7 Å². The molecular formula is C24H22N4O3. The van der Waals surface area contributed by atoms with Gasteiger partial charge in [0.25, 0.3) is 0 Å². The van der Waals surface area contributed by atoms with Crippen molar-refractivity contribution in [1.82, 2.24) is 14.8 Å². The van der Waals surface area contributed by atoms with Crippen molar-refractivity contribution in [2.45, 2.75) is 13.3 Å². The zero-order chi connectivity index (χ0) is 21.8. The number of hydrogen-bond donors (Lipinski definition) is 2. The van der Waals surface area contributed by atoms with Gasteiger partial charge >= 0.3 is 5.97 Å². The van der Waals surface area contributed by atoms with Gasteiger partial charge in [0.05, 0.1) is 12.8 Å². The topological polar surface area (TPSA) is 89.3 Å². The van der Waals surface area contributed by atoms with E-state index in [4.69, 9.17) is 9.84 Å². The number of nitrogens with zero attached hydrogens (tertiary/aromatic N) is 3. The second kappa shape index (κ2) is 8.71. The van der Waals surface area contributed by atoms with Crippen LogP contribution in [0.15, 0.2) is 72.9 Å². The lowest BCUT2D eigenvalue weighted by molar-refractivity contribution is 0.0697. The van der Waals surface area contributed by atoms with Crippen molar-refractivity contribution in [3.63, 3.8) is 0 Å². The number of para-hydroxylation sites is 2. The first-order chi connectivity index (χ1) is 15.1. The Labute approximate surface area is 180 Å². The summed E-state index contributed by atoms with van der Waals surface area (Å²) < 4.78 is 7.22. The molecule has 2 aromatic heterocycles. The highest BCUT2D eigenvalue weighted by atomic mass is 16.5. The first kappa shape index (κ1) is 20.2. The Kier molecular flexibility index (Phi) is 5.66. The molecule has 0 fully saturated rings. The molecule has 4 rings (SSSR count). The van der Waals surface area contributed by atoms with Crippen LogP contribution in [0.4, 0.5) is 11.6 Å². The highest BCUT2D eigenvalue weighted by Crippen LogP contribution is 2.31. The van der Waals surface area contributed by atoms with E-state index in [-0.39, 0.29) is 11.4 Å². The number of ether oxygens (including phenoxy) is 1. The van der Waals surface area contributed by atoms with Crippen LogP contribution in [0.1, 0.15) is 22.8 Å². The van der Waals surface area contributed by atoms with Gasteiger partial charge in [-0.15, -0.1) is 0 Å². The Balaban J connectivity index is 1.87. The average molecular weight is 414 g/mol. The molecule has 0 radical (unpaired) electrons. The van der Waals surface area contributed by atoms with Gasteiger partial charge in [-0.05, 0) is 42.3 Å². The molecule has 0 bridgehead atoms. The maximum Gasteiger partial charge on any atom is 0.339 e. The van der Waals surface area contributed by atoms with Crippen molar-refractivity contribution in [3.05, 3.63) is 84.1 Å². The van der Waals surface area contributed by atoms with E-state index in [1.54, 1.807) is 24.1 Å². The van der Waals surface area contributed by atoms with E-state index in [1.165, 1.54) is 11.6 Å². The number of pyridine rings is 1. The van der Waals surface area contributed by atoms with E-state index in [2.05, 4.69) is 29.4 Å². The maximum atomic E-state index is 11.6. The number of rotatable bonds is 7. The Morgan fingerprint density at radius 1 is 1.10 bits per heavy atom. The fourth-order valence-corrected chi connectivity index (χ4v) is 3.35. The highest BCUT2D eigenvalue weighted by Gasteiger charge is 2.18. The molecule has 0 spiro atoms. The van der Waals surface area contributed by atoms with Crippen molar-refractivity contribution in [2.75, 3.05) is 12.4 Å². The third-order valence-corrected chi connectivity index (χ3v) is 4.94. The predicted octanol–water partition coefficient (Wildman–Crippen LogP) is 4.95. The molecule has 2 N–H and O–H groups in total. The first-order valence-electron chi connectivity index (χ1n) is 9.88. The minimum absolute atomic E-state index is 0.0739. The molecule has 0 aliphatic carbocycles. The molecule has 0 saturated carbocycles. The van der Waals surface area contributed by atoms with Gasteiger partial charge in [0.2, 0.25) is 0 Å². The maximum absolute atomic E-state index is 11.6. The number of aromatic carboxylic acids is 1. The standard InChI is InChI=1S/C24H22N4O3/c1-3-16-8-6-9-17(14-16)19-15-22(26-23-18(24(29)30)10-7-13-25-23)28(27-19)20-11-4-5-12-21(20)31-2/h4-15H,3H2,1-2H3,(H,25,26)(H,29,30). The van der Waals surface area contributed by atoms with Gasteiger partial charge in [-0.25, -0.2) is 14.5 Å². The molecule has 0 aliphatic rings. The lowest BCUT2D eigenvalue weighted by atomic mass is 10.1. The molecule has 0 unspecified atom stereocenters. The average Bonchev–Trinajstić information content (AvgIpc) is 3.23. The van der Waals surface area contributed by atoms with Crippen LogP contribution in [0.2, 0.25) is 0 Å². The number of anilines is 2. The largest absolute Gasteiger partial charge is 0.494 e. The smallest absolute Gasteiger partial charge is 0.339 e. The van der Waals surface area contributed by atoms with Gasteiger partial charge < -0.3 is 15.2 Å². The molecule has 0 saturated heterocycles. The minimum atomic E-state index is -1.06. The zero-order valence-electron chi connectivity index (χ0n) is 17.2. The third-order valence-electron chi connectivity index (χ3n) is 4.94. The molecule has 4 aromatic rings. The molecule has 0 aliphatic heterocycles. The highest BCUT2D eigenvalue weighted by molar-refractivity contribution is 5.93. The molecule has 156 valence electrons. The van der Waals surface area contributed by atoms with Crippen LogP contribution in [0.3, 0.4) is 0 Å². The van der Waals surface area contributed by atoms with Crippen molar-refractivity contribution in [1.29, 1.82) is 0 Å². The zero-order valence-corrected chi connectivity index (χ0v) is 17.2. The molecule has 0 amide bonds. The van der Waals surface area contributed by atoms with E-state index < -0.39 is 5.97 Å². The first-order valence-corrected chi connectivity index (χ1v) is 9.88. The van der Waals surface area contributed by atoms with Gasteiger partial charge in [0.1, 0.15) is 28.6 Å². The lowest BCUT2D eigenvalue weighted by Crippen LogP contribution is -2.08. The summed E-state index contributed by atoms with van der Waals surface area (Å²) in [5.74, 6) is 0.388. The Morgan fingerprint density at radius 2 is 1.94 bits per heavy atom. The number of methoxy groups -OCH3 is 1. The van der Waals surface area contributed by atoms with E-state index in [0.29, 0.717) is 11.6 Å². The van der Waals surface area contributed by atoms with E-state index >= 15 is 0 Å². The molecule has 2 heterocycles. The van der Waals surface area contributed by atoms with Crippen LogP contribution in [0.5, 0.6) is 5.75 Å². The van der Waals surface area contributed by atoms with Gasteiger partial charge in [0.15, 0.2) is 0 Å². The third kappa shape index (κ3) is 4.11. The van der Waals surface area contributed by atoms with Crippen LogP contribution in [-0.2, 0) is 6.42 Å². The number of aryl methyl sites for hydroxylation is 1. The summed E-state index contributed by atoms with van der Waals surface area (Å²) in [6.45, 7) is 2.11.